The molecule has 0 spiro atoms. The highest BCUT2D eigenvalue weighted by molar-refractivity contribution is 7.88. The molecule has 1 aromatic carbocycles. The first kappa shape index (κ1) is 17.7. The lowest BCUT2D eigenvalue weighted by atomic mass is 10.1. The Labute approximate surface area is 135 Å². The first-order valence-corrected chi connectivity index (χ1v) is 9.32. The van der Waals surface area contributed by atoms with Gasteiger partial charge in [-0.15, -0.1) is 0 Å². The molecule has 1 aliphatic heterocycles. The first-order chi connectivity index (χ1) is 10.8. The number of hydrogen-bond donors (Lipinski definition) is 1. The minimum Gasteiger partial charge on any atom is -0.493 e. The molecule has 1 heterocycles. The van der Waals surface area contributed by atoms with E-state index in [1.165, 1.54) is 22.7 Å². The van der Waals surface area contributed by atoms with E-state index in [-0.39, 0.29) is 30.8 Å². The van der Waals surface area contributed by atoms with Crippen LogP contribution in [-0.4, -0.2) is 50.6 Å². The third kappa shape index (κ3) is 5.80. The Bertz CT molecular complexity index is 643. The third-order valence-corrected chi connectivity index (χ3v) is 4.99. The summed E-state index contributed by atoms with van der Waals surface area (Å²) in [5.74, 6) is -0.150. The van der Waals surface area contributed by atoms with Crippen LogP contribution in [0.1, 0.15) is 19.3 Å². The SMILES string of the molecule is CS(=O)(=O)N1CCC(NC(=O)CCOc2cccc(F)c2)CC1. The summed E-state index contributed by atoms with van der Waals surface area (Å²) in [5, 5.41) is 2.87. The molecular formula is C15H21FN2O4S. The summed E-state index contributed by atoms with van der Waals surface area (Å²) in [6.07, 6.45) is 2.56. The van der Waals surface area contributed by atoms with Gasteiger partial charge in [-0.3, -0.25) is 4.79 Å². The van der Waals surface area contributed by atoms with Crippen LogP contribution in [0.25, 0.3) is 0 Å². The number of rotatable bonds is 6. The normalized spacial score (nSPS) is 17.0. The summed E-state index contributed by atoms with van der Waals surface area (Å²) in [7, 11) is -3.16. The highest BCUT2D eigenvalue weighted by atomic mass is 32.2. The second kappa shape index (κ2) is 7.74. The number of ether oxygens (including phenoxy) is 1. The number of carbonyl (C=O) groups excluding carboxylic acids is 1. The average Bonchev–Trinajstić information content (AvgIpc) is 2.47. The van der Waals surface area contributed by atoms with Gasteiger partial charge in [0.1, 0.15) is 11.6 Å². The van der Waals surface area contributed by atoms with Crippen LogP contribution in [0.3, 0.4) is 0 Å². The molecule has 128 valence electrons. The van der Waals surface area contributed by atoms with Crippen molar-refractivity contribution in [1.29, 1.82) is 0 Å². The Morgan fingerprint density at radius 1 is 1.39 bits per heavy atom. The molecule has 1 fully saturated rings. The van der Waals surface area contributed by atoms with Crippen molar-refractivity contribution >= 4 is 15.9 Å². The maximum absolute atomic E-state index is 13.0. The summed E-state index contributed by atoms with van der Waals surface area (Å²) in [6.45, 7) is 1.00. The second-order valence-electron chi connectivity index (χ2n) is 5.56. The van der Waals surface area contributed by atoms with Crippen molar-refractivity contribution in [1.82, 2.24) is 9.62 Å². The molecular weight excluding hydrogens is 323 g/mol. The van der Waals surface area contributed by atoms with Crippen LogP contribution in [-0.2, 0) is 14.8 Å². The van der Waals surface area contributed by atoms with Crippen LogP contribution in [0.5, 0.6) is 5.75 Å². The molecule has 0 bridgehead atoms. The number of benzene rings is 1. The fourth-order valence-electron chi connectivity index (χ4n) is 2.45. The predicted octanol–water partition coefficient (Wildman–Crippen LogP) is 1.13. The minimum absolute atomic E-state index is 0.0188. The lowest BCUT2D eigenvalue weighted by Gasteiger charge is -2.30. The van der Waals surface area contributed by atoms with Crippen LogP contribution in [0.4, 0.5) is 4.39 Å². The lowest BCUT2D eigenvalue weighted by molar-refractivity contribution is -0.122. The van der Waals surface area contributed by atoms with Gasteiger partial charge in [-0.05, 0) is 25.0 Å². The topological polar surface area (TPSA) is 75.7 Å². The molecule has 1 N–H and O–H groups in total. The molecule has 2 rings (SSSR count). The number of halogens is 1. The van der Waals surface area contributed by atoms with Crippen LogP contribution in [0.2, 0.25) is 0 Å². The Morgan fingerprint density at radius 2 is 2.09 bits per heavy atom. The van der Waals surface area contributed by atoms with E-state index < -0.39 is 10.0 Å². The summed E-state index contributed by atoms with van der Waals surface area (Å²) in [6, 6.07) is 5.73. The zero-order chi connectivity index (χ0) is 16.9. The smallest absolute Gasteiger partial charge is 0.223 e. The van der Waals surface area contributed by atoms with Crippen LogP contribution < -0.4 is 10.1 Å². The van der Waals surface area contributed by atoms with Crippen LogP contribution in [0.15, 0.2) is 24.3 Å². The Kier molecular flexibility index (Phi) is 5.95. The Morgan fingerprint density at radius 3 is 2.70 bits per heavy atom. The highest BCUT2D eigenvalue weighted by Gasteiger charge is 2.25. The highest BCUT2D eigenvalue weighted by Crippen LogP contribution is 2.14. The number of nitrogens with zero attached hydrogens (tertiary/aromatic N) is 1. The van der Waals surface area contributed by atoms with Gasteiger partial charge in [0.15, 0.2) is 0 Å². The molecule has 1 amide bonds. The van der Waals surface area contributed by atoms with Crippen molar-refractivity contribution in [2.45, 2.75) is 25.3 Å². The van der Waals surface area contributed by atoms with Crippen molar-refractivity contribution in [3.8, 4) is 5.75 Å². The van der Waals surface area contributed by atoms with Gasteiger partial charge in [-0.2, -0.15) is 0 Å². The lowest BCUT2D eigenvalue weighted by Crippen LogP contribution is -2.46. The number of piperidine rings is 1. The first-order valence-electron chi connectivity index (χ1n) is 7.47. The van der Waals surface area contributed by atoms with Gasteiger partial charge < -0.3 is 10.1 Å². The van der Waals surface area contributed by atoms with E-state index in [2.05, 4.69) is 5.32 Å². The molecule has 1 aliphatic rings. The van der Waals surface area contributed by atoms with Crippen molar-refractivity contribution in [2.24, 2.45) is 0 Å². The number of nitrogens with one attached hydrogen (secondary N) is 1. The molecule has 0 atom stereocenters. The molecule has 1 aromatic rings. The average molecular weight is 344 g/mol. The monoisotopic (exact) mass is 344 g/mol. The Hall–Kier alpha value is -1.67. The van der Waals surface area contributed by atoms with Gasteiger partial charge >= 0.3 is 0 Å². The molecule has 0 unspecified atom stereocenters. The van der Waals surface area contributed by atoms with Gasteiger partial charge in [0, 0.05) is 25.2 Å². The van der Waals surface area contributed by atoms with Crippen molar-refractivity contribution < 1.29 is 22.3 Å². The van der Waals surface area contributed by atoms with Gasteiger partial charge in [-0.25, -0.2) is 17.1 Å². The van der Waals surface area contributed by atoms with E-state index in [9.17, 15) is 17.6 Å². The molecule has 0 aromatic heterocycles. The fraction of sp³-hybridized carbons (Fsp3) is 0.533. The number of amides is 1. The third-order valence-electron chi connectivity index (χ3n) is 3.68. The summed E-state index contributed by atoms with van der Waals surface area (Å²) >= 11 is 0. The van der Waals surface area contributed by atoms with Gasteiger partial charge in [0.25, 0.3) is 0 Å². The predicted molar refractivity (Wildman–Crippen MR) is 84.1 cm³/mol. The fourth-order valence-corrected chi connectivity index (χ4v) is 3.32. The summed E-state index contributed by atoms with van der Waals surface area (Å²) in [4.78, 5) is 11.8. The molecule has 0 saturated carbocycles. The summed E-state index contributed by atoms with van der Waals surface area (Å²) in [5.41, 5.74) is 0. The summed E-state index contributed by atoms with van der Waals surface area (Å²) < 4.78 is 42.5. The molecule has 8 heteroatoms. The molecule has 0 aliphatic carbocycles. The zero-order valence-electron chi connectivity index (χ0n) is 13.0. The van der Waals surface area contributed by atoms with Gasteiger partial charge in [0.2, 0.25) is 15.9 Å². The minimum atomic E-state index is -3.16. The van der Waals surface area contributed by atoms with Crippen molar-refractivity contribution in [3.63, 3.8) is 0 Å². The van der Waals surface area contributed by atoms with Gasteiger partial charge in [0.05, 0.1) is 19.3 Å². The zero-order valence-corrected chi connectivity index (χ0v) is 13.8. The maximum atomic E-state index is 13.0. The Balaban J connectivity index is 1.68. The molecule has 1 saturated heterocycles. The van der Waals surface area contributed by atoms with Crippen LogP contribution in [0, 0.1) is 5.82 Å². The number of sulfonamides is 1. The van der Waals surface area contributed by atoms with E-state index in [1.807, 2.05) is 0 Å². The van der Waals surface area contributed by atoms with Crippen molar-refractivity contribution in [2.75, 3.05) is 26.0 Å². The van der Waals surface area contributed by atoms with E-state index in [0.717, 1.165) is 0 Å². The maximum Gasteiger partial charge on any atom is 0.223 e. The quantitative estimate of drug-likeness (QED) is 0.839. The van der Waals surface area contributed by atoms with Crippen LogP contribution >= 0.6 is 0 Å². The molecule has 0 radical (unpaired) electrons. The van der Waals surface area contributed by atoms with E-state index in [1.54, 1.807) is 12.1 Å². The van der Waals surface area contributed by atoms with E-state index in [0.29, 0.717) is 31.7 Å². The number of hydrogen-bond acceptors (Lipinski definition) is 4. The van der Waals surface area contributed by atoms with E-state index in [4.69, 9.17) is 4.74 Å². The second-order valence-corrected chi connectivity index (χ2v) is 7.54. The largest absolute Gasteiger partial charge is 0.493 e. The molecule has 23 heavy (non-hydrogen) atoms. The van der Waals surface area contributed by atoms with Crippen molar-refractivity contribution in [3.05, 3.63) is 30.1 Å². The van der Waals surface area contributed by atoms with E-state index >= 15 is 0 Å². The van der Waals surface area contributed by atoms with Gasteiger partial charge in [-0.1, -0.05) is 6.07 Å². The number of carbonyl (C=O) groups is 1. The standard InChI is InChI=1S/C15H21FN2O4S/c1-23(20,21)18-8-5-13(6-9-18)17-15(19)7-10-22-14-4-2-3-12(16)11-14/h2-4,11,13H,5-10H2,1H3,(H,17,19). The molecule has 6 nitrogen and oxygen atoms in total.